The molecule has 2 amide bonds. The van der Waals surface area contributed by atoms with Gasteiger partial charge in [0.1, 0.15) is 0 Å². The number of aryl methyl sites for hydroxylation is 1. The van der Waals surface area contributed by atoms with Crippen LogP contribution in [0.4, 0.5) is 0 Å². The summed E-state index contributed by atoms with van der Waals surface area (Å²) < 4.78 is 0. The number of hydrogen-bond donors (Lipinski definition) is 0. The third-order valence-electron chi connectivity index (χ3n) is 4.19. The highest BCUT2D eigenvalue weighted by molar-refractivity contribution is 5.78. The zero-order valence-electron chi connectivity index (χ0n) is 15.2. The lowest BCUT2D eigenvalue weighted by Crippen LogP contribution is -2.34. The number of rotatable bonds is 7. The molecule has 0 aromatic heterocycles. The zero-order valence-corrected chi connectivity index (χ0v) is 15.2. The van der Waals surface area contributed by atoms with Gasteiger partial charge in [-0.25, -0.2) is 0 Å². The molecule has 2 aromatic rings. The molecule has 0 radical (unpaired) electrons. The highest BCUT2D eigenvalue weighted by atomic mass is 16.2. The van der Waals surface area contributed by atoms with Crippen molar-refractivity contribution in [1.29, 1.82) is 0 Å². The van der Waals surface area contributed by atoms with Crippen LogP contribution in [0.25, 0.3) is 0 Å². The van der Waals surface area contributed by atoms with Crippen LogP contribution in [0, 0.1) is 6.92 Å². The summed E-state index contributed by atoms with van der Waals surface area (Å²) in [5.74, 6) is 0.0272. The molecule has 0 atom stereocenters. The molecule has 25 heavy (non-hydrogen) atoms. The Morgan fingerprint density at radius 1 is 0.920 bits per heavy atom. The molecule has 0 N–H and O–H groups in total. The van der Waals surface area contributed by atoms with Gasteiger partial charge in [-0.15, -0.1) is 0 Å². The first-order valence-corrected chi connectivity index (χ1v) is 8.54. The van der Waals surface area contributed by atoms with Crippen LogP contribution >= 0.6 is 0 Å². The van der Waals surface area contributed by atoms with E-state index in [1.807, 2.05) is 55.5 Å². The molecule has 0 saturated carbocycles. The molecule has 0 aliphatic carbocycles. The van der Waals surface area contributed by atoms with Gasteiger partial charge in [-0.3, -0.25) is 9.59 Å². The summed E-state index contributed by atoms with van der Waals surface area (Å²) in [4.78, 5) is 27.7. The van der Waals surface area contributed by atoms with Crippen LogP contribution < -0.4 is 0 Å². The lowest BCUT2D eigenvalue weighted by atomic mass is 10.1. The number of carbonyl (C=O) groups excluding carboxylic acids is 2. The minimum absolute atomic E-state index is 0.0139. The van der Waals surface area contributed by atoms with Crippen LogP contribution in [-0.2, 0) is 22.7 Å². The van der Waals surface area contributed by atoms with E-state index in [-0.39, 0.29) is 11.8 Å². The third kappa shape index (κ3) is 6.07. The minimum Gasteiger partial charge on any atom is -0.341 e. The first-order chi connectivity index (χ1) is 12.0. The fraction of sp³-hybridized carbons (Fsp3) is 0.333. The number of carbonyl (C=O) groups is 2. The van der Waals surface area contributed by atoms with E-state index in [4.69, 9.17) is 0 Å². The molecule has 0 fully saturated rings. The first-order valence-electron chi connectivity index (χ1n) is 8.54. The Labute approximate surface area is 150 Å². The van der Waals surface area contributed by atoms with E-state index in [0.29, 0.717) is 26.1 Å². The highest BCUT2D eigenvalue weighted by Gasteiger charge is 2.14. The van der Waals surface area contributed by atoms with E-state index < -0.39 is 0 Å². The summed E-state index contributed by atoms with van der Waals surface area (Å²) in [5, 5.41) is 0. The molecule has 0 aliphatic heterocycles. The van der Waals surface area contributed by atoms with Crippen LogP contribution in [0.2, 0.25) is 0 Å². The topological polar surface area (TPSA) is 40.6 Å². The monoisotopic (exact) mass is 338 g/mol. The number of amides is 2. The van der Waals surface area contributed by atoms with Gasteiger partial charge in [-0.05, 0) is 18.1 Å². The number of benzene rings is 2. The molecule has 0 aliphatic rings. The highest BCUT2D eigenvalue weighted by Crippen LogP contribution is 2.10. The van der Waals surface area contributed by atoms with Crippen LogP contribution in [-0.4, -0.2) is 35.2 Å². The molecule has 0 unspecified atom stereocenters. The summed E-state index contributed by atoms with van der Waals surface area (Å²) in [6.07, 6.45) is 0.328. The maximum atomic E-state index is 12.4. The first kappa shape index (κ1) is 18.7. The molecule has 0 bridgehead atoms. The quantitative estimate of drug-likeness (QED) is 0.776. The number of hydrogen-bond acceptors (Lipinski definition) is 2. The Morgan fingerprint density at radius 3 is 2.24 bits per heavy atom. The molecule has 132 valence electrons. The largest absolute Gasteiger partial charge is 0.341 e. The zero-order chi connectivity index (χ0) is 18.2. The van der Waals surface area contributed by atoms with Gasteiger partial charge < -0.3 is 9.80 Å². The SMILES string of the molecule is CC(=O)N(CCC(=O)N(C)Cc1ccccc1)Cc1cccc(C)c1. The van der Waals surface area contributed by atoms with Crippen molar-refractivity contribution < 1.29 is 9.59 Å². The number of nitrogens with zero attached hydrogens (tertiary/aromatic N) is 2. The third-order valence-corrected chi connectivity index (χ3v) is 4.19. The second-order valence-electron chi connectivity index (χ2n) is 6.42. The van der Waals surface area contributed by atoms with Gasteiger partial charge in [0, 0.05) is 40.0 Å². The van der Waals surface area contributed by atoms with Gasteiger partial charge in [0.2, 0.25) is 11.8 Å². The second-order valence-corrected chi connectivity index (χ2v) is 6.42. The molecule has 0 heterocycles. The Balaban J connectivity index is 1.89. The van der Waals surface area contributed by atoms with E-state index in [1.54, 1.807) is 23.8 Å². The molecular weight excluding hydrogens is 312 g/mol. The van der Waals surface area contributed by atoms with Crippen LogP contribution in [0.3, 0.4) is 0 Å². The van der Waals surface area contributed by atoms with Gasteiger partial charge in [0.15, 0.2) is 0 Å². The fourth-order valence-electron chi connectivity index (χ4n) is 2.75. The van der Waals surface area contributed by atoms with E-state index in [0.717, 1.165) is 11.1 Å². The van der Waals surface area contributed by atoms with Crippen molar-refractivity contribution in [3.8, 4) is 0 Å². The summed E-state index contributed by atoms with van der Waals surface area (Å²) in [5.41, 5.74) is 3.35. The van der Waals surface area contributed by atoms with Gasteiger partial charge in [-0.1, -0.05) is 60.2 Å². The molecule has 0 saturated heterocycles. The van der Waals surface area contributed by atoms with Crippen molar-refractivity contribution in [2.24, 2.45) is 0 Å². The molecule has 0 spiro atoms. The van der Waals surface area contributed by atoms with Crippen molar-refractivity contribution in [2.45, 2.75) is 33.4 Å². The lowest BCUT2D eigenvalue weighted by molar-refractivity contribution is -0.133. The molecule has 4 nitrogen and oxygen atoms in total. The van der Waals surface area contributed by atoms with Crippen molar-refractivity contribution in [1.82, 2.24) is 9.80 Å². The van der Waals surface area contributed by atoms with Gasteiger partial charge >= 0.3 is 0 Å². The maximum absolute atomic E-state index is 12.4. The standard InChI is InChI=1S/C21H26N2O2/c1-17-8-7-11-20(14-17)16-23(18(2)24)13-12-21(25)22(3)15-19-9-5-4-6-10-19/h4-11,14H,12-13,15-16H2,1-3H3. The smallest absolute Gasteiger partial charge is 0.224 e. The van der Waals surface area contributed by atoms with Gasteiger partial charge in [0.05, 0.1) is 0 Å². The summed E-state index contributed by atoms with van der Waals surface area (Å²) >= 11 is 0. The fourth-order valence-corrected chi connectivity index (χ4v) is 2.75. The summed E-state index contributed by atoms with van der Waals surface area (Å²) in [7, 11) is 1.80. The average molecular weight is 338 g/mol. The van der Waals surface area contributed by atoms with Crippen molar-refractivity contribution >= 4 is 11.8 Å². The lowest BCUT2D eigenvalue weighted by Gasteiger charge is -2.23. The van der Waals surface area contributed by atoms with Crippen LogP contribution in [0.15, 0.2) is 54.6 Å². The van der Waals surface area contributed by atoms with E-state index in [1.165, 1.54) is 5.56 Å². The molecular formula is C21H26N2O2. The minimum atomic E-state index is -0.0139. The Hall–Kier alpha value is -2.62. The van der Waals surface area contributed by atoms with Gasteiger partial charge in [0.25, 0.3) is 0 Å². The van der Waals surface area contributed by atoms with E-state index in [2.05, 4.69) is 6.07 Å². The summed E-state index contributed by atoms with van der Waals surface area (Å²) in [6.45, 7) is 5.13. The predicted octanol–water partition coefficient (Wildman–Crippen LogP) is 3.39. The normalized spacial score (nSPS) is 10.4. The Kier molecular flexibility index (Phi) is 6.75. The van der Waals surface area contributed by atoms with Crippen LogP contribution in [0.5, 0.6) is 0 Å². The average Bonchev–Trinajstić information content (AvgIpc) is 2.59. The Bertz CT molecular complexity index is 713. The summed E-state index contributed by atoms with van der Waals surface area (Å²) in [6, 6.07) is 18.0. The predicted molar refractivity (Wildman–Crippen MR) is 99.8 cm³/mol. The van der Waals surface area contributed by atoms with E-state index in [9.17, 15) is 9.59 Å². The van der Waals surface area contributed by atoms with Crippen molar-refractivity contribution in [3.63, 3.8) is 0 Å². The van der Waals surface area contributed by atoms with Gasteiger partial charge in [-0.2, -0.15) is 0 Å². The molecule has 4 heteroatoms. The molecule has 2 aromatic carbocycles. The van der Waals surface area contributed by atoms with Crippen molar-refractivity contribution in [3.05, 3.63) is 71.3 Å². The Morgan fingerprint density at radius 2 is 1.60 bits per heavy atom. The maximum Gasteiger partial charge on any atom is 0.224 e. The van der Waals surface area contributed by atoms with E-state index >= 15 is 0 Å². The van der Waals surface area contributed by atoms with Crippen molar-refractivity contribution in [2.75, 3.05) is 13.6 Å². The van der Waals surface area contributed by atoms with Crippen LogP contribution in [0.1, 0.15) is 30.0 Å². The molecule has 2 rings (SSSR count). The second kappa shape index (κ2) is 9.02.